The molecule has 1 aromatic rings. The minimum Gasteiger partial charge on any atom is -0.354 e. The quantitative estimate of drug-likeness (QED) is 0.757. The Morgan fingerprint density at radius 1 is 1.25 bits per heavy atom. The summed E-state index contributed by atoms with van der Waals surface area (Å²) in [6.45, 7) is 0.864. The highest BCUT2D eigenvalue weighted by atomic mass is 35.5. The van der Waals surface area contributed by atoms with Crippen LogP contribution in [0, 0.1) is 0 Å². The van der Waals surface area contributed by atoms with Crippen LogP contribution in [-0.4, -0.2) is 53.0 Å². The van der Waals surface area contributed by atoms with Gasteiger partial charge in [-0.25, -0.2) is 13.1 Å². The zero-order valence-corrected chi connectivity index (χ0v) is 13.0. The lowest BCUT2D eigenvalue weighted by atomic mass is 10.4. The molecule has 0 fully saturated rings. The van der Waals surface area contributed by atoms with Gasteiger partial charge in [0.15, 0.2) is 0 Å². The average Bonchev–Trinajstić information content (AvgIpc) is 2.36. The highest BCUT2D eigenvalue weighted by Crippen LogP contribution is 2.13. The average molecular weight is 320 g/mol. The number of benzene rings is 1. The molecule has 0 unspecified atom stereocenters. The maximum Gasteiger partial charge on any atom is 0.241 e. The number of carbonyl (C=O) groups is 1. The third-order valence-corrected chi connectivity index (χ3v) is 4.10. The van der Waals surface area contributed by atoms with Crippen molar-refractivity contribution in [2.75, 3.05) is 33.7 Å². The van der Waals surface area contributed by atoms with E-state index in [1.807, 2.05) is 19.0 Å². The normalized spacial score (nSPS) is 11.6. The molecule has 0 bridgehead atoms. The minimum atomic E-state index is -3.69. The summed E-state index contributed by atoms with van der Waals surface area (Å²) >= 11 is 5.69. The monoisotopic (exact) mass is 319 g/mol. The van der Waals surface area contributed by atoms with E-state index in [9.17, 15) is 13.2 Å². The first-order chi connectivity index (χ1) is 9.31. The van der Waals surface area contributed by atoms with Crippen LogP contribution >= 0.6 is 11.6 Å². The van der Waals surface area contributed by atoms with Crippen molar-refractivity contribution in [3.63, 3.8) is 0 Å². The van der Waals surface area contributed by atoms with Gasteiger partial charge < -0.3 is 10.2 Å². The van der Waals surface area contributed by atoms with E-state index in [1.54, 1.807) is 0 Å². The van der Waals surface area contributed by atoms with Crippen LogP contribution in [0.1, 0.15) is 0 Å². The van der Waals surface area contributed by atoms with E-state index in [2.05, 4.69) is 10.0 Å². The number of nitrogens with zero attached hydrogens (tertiary/aromatic N) is 1. The number of sulfonamides is 1. The van der Waals surface area contributed by atoms with Crippen molar-refractivity contribution in [1.29, 1.82) is 0 Å². The number of rotatable bonds is 7. The summed E-state index contributed by atoms with van der Waals surface area (Å²) in [5, 5.41) is 3.07. The van der Waals surface area contributed by atoms with Crippen LogP contribution in [0.2, 0.25) is 5.02 Å². The lowest BCUT2D eigenvalue weighted by Crippen LogP contribution is -2.39. The van der Waals surface area contributed by atoms with Crippen LogP contribution in [0.5, 0.6) is 0 Å². The number of halogens is 1. The van der Waals surface area contributed by atoms with Crippen molar-refractivity contribution < 1.29 is 13.2 Å². The van der Waals surface area contributed by atoms with Gasteiger partial charge in [-0.15, -0.1) is 0 Å². The number of amides is 1. The molecule has 0 heterocycles. The summed E-state index contributed by atoms with van der Waals surface area (Å²) in [6, 6.07) is 5.73. The van der Waals surface area contributed by atoms with Gasteiger partial charge in [0.25, 0.3) is 0 Å². The molecule has 6 nitrogen and oxygen atoms in total. The van der Waals surface area contributed by atoms with Gasteiger partial charge >= 0.3 is 0 Å². The predicted molar refractivity (Wildman–Crippen MR) is 78.2 cm³/mol. The van der Waals surface area contributed by atoms with E-state index < -0.39 is 10.0 Å². The Bertz CT molecular complexity index is 544. The molecule has 20 heavy (non-hydrogen) atoms. The third-order valence-electron chi connectivity index (χ3n) is 2.43. The molecule has 0 saturated heterocycles. The molecular formula is C12H18ClN3O3S. The van der Waals surface area contributed by atoms with E-state index in [0.29, 0.717) is 18.1 Å². The molecule has 0 atom stereocenters. The smallest absolute Gasteiger partial charge is 0.241 e. The summed E-state index contributed by atoms with van der Waals surface area (Å²) in [5.74, 6) is -0.371. The summed E-state index contributed by atoms with van der Waals surface area (Å²) < 4.78 is 26.0. The fraction of sp³-hybridized carbons (Fsp3) is 0.417. The first-order valence-corrected chi connectivity index (χ1v) is 7.84. The van der Waals surface area contributed by atoms with Gasteiger partial charge in [-0.2, -0.15) is 0 Å². The minimum absolute atomic E-state index is 0.0722. The molecule has 2 N–H and O–H groups in total. The van der Waals surface area contributed by atoms with Gasteiger partial charge in [-0.05, 0) is 38.4 Å². The summed E-state index contributed by atoms with van der Waals surface area (Å²) in [6.07, 6.45) is 0. The maximum absolute atomic E-state index is 11.9. The van der Waals surface area contributed by atoms with Crippen LogP contribution in [0.3, 0.4) is 0 Å². The van der Waals surface area contributed by atoms with Gasteiger partial charge in [0.05, 0.1) is 11.4 Å². The Kier molecular flexibility index (Phi) is 6.41. The van der Waals surface area contributed by atoms with E-state index in [0.717, 1.165) is 0 Å². The van der Waals surface area contributed by atoms with Crippen molar-refractivity contribution in [2.24, 2.45) is 0 Å². The van der Waals surface area contributed by atoms with Crippen molar-refractivity contribution in [1.82, 2.24) is 14.9 Å². The van der Waals surface area contributed by atoms with Gasteiger partial charge in [0, 0.05) is 18.1 Å². The molecule has 0 spiro atoms. The largest absolute Gasteiger partial charge is 0.354 e. The van der Waals surface area contributed by atoms with Gasteiger partial charge in [0.1, 0.15) is 0 Å². The van der Waals surface area contributed by atoms with Crippen LogP contribution in [-0.2, 0) is 14.8 Å². The zero-order valence-electron chi connectivity index (χ0n) is 11.4. The summed E-state index contributed by atoms with van der Waals surface area (Å²) in [4.78, 5) is 13.5. The molecule has 8 heteroatoms. The Balaban J connectivity index is 2.47. The topological polar surface area (TPSA) is 78.5 Å². The van der Waals surface area contributed by atoms with Crippen LogP contribution in [0.25, 0.3) is 0 Å². The molecule has 0 aliphatic heterocycles. The first kappa shape index (κ1) is 16.9. The van der Waals surface area contributed by atoms with E-state index >= 15 is 0 Å². The lowest BCUT2D eigenvalue weighted by molar-refractivity contribution is -0.119. The van der Waals surface area contributed by atoms with Gasteiger partial charge in [-0.3, -0.25) is 4.79 Å². The van der Waals surface area contributed by atoms with Crippen molar-refractivity contribution >= 4 is 27.5 Å². The number of nitrogens with one attached hydrogen (secondary N) is 2. The highest BCUT2D eigenvalue weighted by molar-refractivity contribution is 7.89. The molecular weight excluding hydrogens is 302 g/mol. The van der Waals surface area contributed by atoms with E-state index in [-0.39, 0.29) is 17.3 Å². The van der Waals surface area contributed by atoms with Crippen LogP contribution < -0.4 is 10.0 Å². The second-order valence-electron chi connectivity index (χ2n) is 4.43. The SMILES string of the molecule is CN(C)CCNC(=O)CNS(=O)(=O)c1ccc(Cl)cc1. The predicted octanol–water partition coefficient (Wildman–Crippen LogP) is 0.296. The second-order valence-corrected chi connectivity index (χ2v) is 6.64. The van der Waals surface area contributed by atoms with Gasteiger partial charge in [-0.1, -0.05) is 11.6 Å². The van der Waals surface area contributed by atoms with E-state index in [4.69, 9.17) is 11.6 Å². The number of carbonyl (C=O) groups excluding carboxylic acids is 1. The first-order valence-electron chi connectivity index (χ1n) is 5.98. The second kappa shape index (κ2) is 7.58. The maximum atomic E-state index is 11.9. The number of likely N-dealkylation sites (N-methyl/N-ethyl adjacent to an activating group) is 1. The Labute approximate surface area is 124 Å². The molecule has 1 aromatic carbocycles. The van der Waals surface area contributed by atoms with Crippen molar-refractivity contribution in [3.8, 4) is 0 Å². The third kappa shape index (κ3) is 5.87. The fourth-order valence-corrected chi connectivity index (χ4v) is 2.45. The standard InChI is InChI=1S/C12H18ClN3O3S/c1-16(2)8-7-14-12(17)9-15-20(18,19)11-5-3-10(13)4-6-11/h3-6,15H,7-9H2,1-2H3,(H,14,17). The summed E-state index contributed by atoms with van der Waals surface area (Å²) in [7, 11) is 0.0753. The number of hydrogen-bond donors (Lipinski definition) is 2. The molecule has 0 saturated carbocycles. The molecule has 1 rings (SSSR count). The molecule has 0 radical (unpaired) electrons. The van der Waals surface area contributed by atoms with E-state index in [1.165, 1.54) is 24.3 Å². The molecule has 112 valence electrons. The zero-order chi connectivity index (χ0) is 15.2. The van der Waals surface area contributed by atoms with Crippen molar-refractivity contribution in [2.45, 2.75) is 4.90 Å². The van der Waals surface area contributed by atoms with Crippen LogP contribution in [0.4, 0.5) is 0 Å². The van der Waals surface area contributed by atoms with Crippen molar-refractivity contribution in [3.05, 3.63) is 29.3 Å². The lowest BCUT2D eigenvalue weighted by Gasteiger charge is -2.11. The molecule has 0 aliphatic rings. The Morgan fingerprint density at radius 2 is 1.85 bits per heavy atom. The van der Waals surface area contributed by atoms with Crippen LogP contribution in [0.15, 0.2) is 29.2 Å². The fourth-order valence-electron chi connectivity index (χ4n) is 1.34. The molecule has 0 aliphatic carbocycles. The number of hydrogen-bond acceptors (Lipinski definition) is 4. The Morgan fingerprint density at radius 3 is 2.40 bits per heavy atom. The molecule has 0 aromatic heterocycles. The highest BCUT2D eigenvalue weighted by Gasteiger charge is 2.15. The van der Waals surface area contributed by atoms with Gasteiger partial charge in [0.2, 0.25) is 15.9 Å². The summed E-state index contributed by atoms with van der Waals surface area (Å²) in [5.41, 5.74) is 0. The molecule has 1 amide bonds. The Hall–Kier alpha value is -1.15.